The summed E-state index contributed by atoms with van der Waals surface area (Å²) in [6, 6.07) is 13.8. The lowest BCUT2D eigenvalue weighted by atomic mass is 9.83. The molecule has 0 radical (unpaired) electrons. The lowest BCUT2D eigenvalue weighted by Crippen LogP contribution is -2.39. The number of nitrogen functional groups attached to an aromatic ring is 1. The number of para-hydroxylation sites is 1. The molecule has 14 heteroatoms. The van der Waals surface area contributed by atoms with Crippen LogP contribution in [0.4, 0.5) is 32.2 Å². The number of carboxylic acids is 2. The number of carbonyl (C=O) groups is 2. The van der Waals surface area contributed by atoms with Crippen LogP contribution in [0.1, 0.15) is 36.2 Å². The van der Waals surface area contributed by atoms with E-state index in [-0.39, 0.29) is 11.0 Å². The van der Waals surface area contributed by atoms with Crippen molar-refractivity contribution in [2.24, 2.45) is 0 Å². The molecule has 0 aliphatic carbocycles. The van der Waals surface area contributed by atoms with E-state index in [1.165, 1.54) is 0 Å². The minimum Gasteiger partial charge on any atom is -0.542 e. The number of alkyl halides is 6. The number of fused-ring (bicyclic) bond motifs is 3. The van der Waals surface area contributed by atoms with E-state index in [2.05, 4.69) is 26.0 Å². The minimum atomic E-state index is -5.19. The molecular weight excluding hydrogens is 474 g/mol. The Morgan fingerprint density at radius 1 is 1.06 bits per heavy atom. The smallest absolute Gasteiger partial charge is 0.490 e. The molecule has 3 N–H and O–H groups in total. The van der Waals surface area contributed by atoms with Crippen LogP contribution in [0.25, 0.3) is 5.69 Å². The molecule has 0 spiro atoms. The van der Waals surface area contributed by atoms with Gasteiger partial charge in [0.05, 0.1) is 11.0 Å². The van der Waals surface area contributed by atoms with Crippen molar-refractivity contribution in [2.45, 2.75) is 31.6 Å². The van der Waals surface area contributed by atoms with E-state index < -0.39 is 24.3 Å². The third kappa shape index (κ3) is 5.72. The standard InChI is InChI=1S/C16H12N4.2C2HF3O2/c1-16(2)12-5-3-4-6-13(12)20-14(16)7-10(8-17)11(9-18)15(20)19;2*3-2(4,5)1(6)7/h3-7,19H,1-2H3;2*(H,6,7). The molecule has 1 aliphatic rings. The molecule has 3 rings (SSSR count). The topological polar surface area (TPSA) is 155 Å². The van der Waals surface area contributed by atoms with Gasteiger partial charge in [0.1, 0.15) is 29.5 Å². The molecule has 0 atom stereocenters. The van der Waals surface area contributed by atoms with E-state index in [4.69, 9.17) is 25.5 Å². The number of hydrogen-bond acceptors (Lipinski definition) is 6. The highest BCUT2D eigenvalue weighted by Gasteiger charge is 2.42. The second-order valence-corrected chi connectivity index (χ2v) is 6.99. The zero-order valence-electron chi connectivity index (χ0n) is 17.2. The van der Waals surface area contributed by atoms with E-state index >= 15 is 0 Å². The number of benzene rings is 1. The Morgan fingerprint density at radius 2 is 1.53 bits per heavy atom. The normalized spacial score (nSPS) is 12.9. The van der Waals surface area contributed by atoms with Crippen LogP contribution in [0.5, 0.6) is 0 Å². The second kappa shape index (κ2) is 9.66. The third-order valence-electron chi connectivity index (χ3n) is 4.45. The Balaban J connectivity index is 0.000000343. The number of nitriles is 2. The van der Waals surface area contributed by atoms with Crippen molar-refractivity contribution >= 4 is 17.8 Å². The van der Waals surface area contributed by atoms with Gasteiger partial charge >= 0.3 is 18.3 Å². The third-order valence-corrected chi connectivity index (χ3v) is 4.45. The Kier molecular flexibility index (Phi) is 7.87. The molecule has 180 valence electrons. The maximum Gasteiger partial charge on any atom is 0.490 e. The average Bonchev–Trinajstić information content (AvgIpc) is 2.95. The van der Waals surface area contributed by atoms with E-state index in [0.717, 1.165) is 16.9 Å². The molecular formula is C20H14F6N4O4. The first-order chi connectivity index (χ1) is 15.4. The molecule has 0 saturated carbocycles. The van der Waals surface area contributed by atoms with Gasteiger partial charge in [-0.25, -0.2) is 4.79 Å². The van der Waals surface area contributed by atoms with Crippen LogP contribution in [0.2, 0.25) is 0 Å². The maximum atomic E-state index is 10.6. The van der Waals surface area contributed by atoms with Crippen molar-refractivity contribution in [1.82, 2.24) is 0 Å². The average molecular weight is 488 g/mol. The van der Waals surface area contributed by atoms with E-state index in [9.17, 15) is 36.9 Å². The molecule has 1 aliphatic heterocycles. The SMILES string of the molecule is CC1(C)c2ccccc2-[n+]2c1cc(C#N)c(C#N)c2N.O=C(O)C(F)(F)F.O=C([O-])C(F)(F)F. The fourth-order valence-corrected chi connectivity index (χ4v) is 2.91. The number of anilines is 1. The van der Waals surface area contributed by atoms with Crippen LogP contribution in [0.3, 0.4) is 0 Å². The number of nitrogens with two attached hydrogens (primary N) is 1. The van der Waals surface area contributed by atoms with Gasteiger partial charge in [0.15, 0.2) is 5.56 Å². The van der Waals surface area contributed by atoms with Gasteiger partial charge in [-0.1, -0.05) is 18.2 Å². The minimum absolute atomic E-state index is 0.240. The number of rotatable bonds is 0. The molecule has 34 heavy (non-hydrogen) atoms. The largest absolute Gasteiger partial charge is 0.542 e. The monoisotopic (exact) mass is 488 g/mol. The van der Waals surface area contributed by atoms with E-state index in [1.54, 1.807) is 6.07 Å². The highest BCUT2D eigenvalue weighted by molar-refractivity contribution is 5.73. The number of carboxylic acid groups (broad SMARTS) is 2. The van der Waals surface area contributed by atoms with Gasteiger partial charge in [-0.3, -0.25) is 5.73 Å². The van der Waals surface area contributed by atoms with Gasteiger partial charge in [0.2, 0.25) is 0 Å². The number of carbonyl (C=O) groups excluding carboxylic acids is 1. The molecule has 0 bridgehead atoms. The van der Waals surface area contributed by atoms with Crippen molar-refractivity contribution < 1.29 is 50.7 Å². The summed E-state index contributed by atoms with van der Waals surface area (Å²) in [6.45, 7) is 4.19. The lowest BCUT2D eigenvalue weighted by Gasteiger charge is -2.17. The van der Waals surface area contributed by atoms with Crippen molar-refractivity contribution in [3.8, 4) is 17.8 Å². The summed E-state index contributed by atoms with van der Waals surface area (Å²) < 4.78 is 65.2. The zero-order valence-corrected chi connectivity index (χ0v) is 17.2. The quantitative estimate of drug-likeness (QED) is 0.424. The van der Waals surface area contributed by atoms with Crippen LogP contribution in [-0.2, 0) is 15.0 Å². The fraction of sp³-hybridized carbons (Fsp3) is 0.250. The summed E-state index contributed by atoms with van der Waals surface area (Å²) in [4.78, 5) is 17.7. The molecule has 1 aromatic carbocycles. The number of halogens is 6. The van der Waals surface area contributed by atoms with Gasteiger partial charge in [-0.05, 0) is 19.9 Å². The van der Waals surface area contributed by atoms with E-state index in [0.29, 0.717) is 11.4 Å². The van der Waals surface area contributed by atoms with Gasteiger partial charge in [-0.2, -0.15) is 41.4 Å². The number of aromatic nitrogens is 1. The van der Waals surface area contributed by atoms with Gasteiger partial charge in [0.25, 0.3) is 5.82 Å². The predicted molar refractivity (Wildman–Crippen MR) is 98.7 cm³/mol. The zero-order chi connectivity index (χ0) is 26.6. The molecule has 2 aromatic rings. The molecule has 0 fully saturated rings. The van der Waals surface area contributed by atoms with Gasteiger partial charge in [0, 0.05) is 11.6 Å². The summed E-state index contributed by atoms with van der Waals surface area (Å²) in [5.41, 5.74) is 9.53. The molecule has 0 saturated heterocycles. The van der Waals surface area contributed by atoms with Crippen LogP contribution in [0.15, 0.2) is 30.3 Å². The van der Waals surface area contributed by atoms with Crippen molar-refractivity contribution in [2.75, 3.05) is 5.73 Å². The predicted octanol–water partition coefficient (Wildman–Crippen LogP) is 1.86. The van der Waals surface area contributed by atoms with Crippen LogP contribution in [-0.4, -0.2) is 29.4 Å². The van der Waals surface area contributed by atoms with E-state index in [1.807, 2.05) is 28.8 Å². The van der Waals surface area contributed by atoms with Gasteiger partial charge in [-0.15, -0.1) is 0 Å². The number of hydrogen-bond donors (Lipinski definition) is 2. The highest BCUT2D eigenvalue weighted by atomic mass is 19.4. The highest BCUT2D eigenvalue weighted by Crippen LogP contribution is 2.39. The van der Waals surface area contributed by atoms with Crippen molar-refractivity contribution in [1.29, 1.82) is 10.5 Å². The summed E-state index contributed by atoms with van der Waals surface area (Å²) in [7, 11) is 0. The first-order valence-electron chi connectivity index (χ1n) is 8.78. The first-order valence-corrected chi connectivity index (χ1v) is 8.78. The molecule has 1 aromatic heterocycles. The van der Waals surface area contributed by atoms with Crippen LogP contribution < -0.4 is 15.4 Å². The molecule has 2 heterocycles. The summed E-state index contributed by atoms with van der Waals surface area (Å²) in [5.74, 6) is -5.43. The Morgan fingerprint density at radius 3 is 1.91 bits per heavy atom. The van der Waals surface area contributed by atoms with Crippen molar-refractivity contribution in [3.05, 3.63) is 52.7 Å². The Hall–Kier alpha value is -4.33. The van der Waals surface area contributed by atoms with Gasteiger partial charge < -0.3 is 15.0 Å². The lowest BCUT2D eigenvalue weighted by molar-refractivity contribution is -0.584. The Bertz CT molecular complexity index is 1180. The number of nitrogens with zero attached hydrogens (tertiary/aromatic N) is 3. The number of aliphatic carboxylic acids is 2. The first kappa shape index (κ1) is 27.7. The Labute approximate surface area is 187 Å². The maximum absolute atomic E-state index is 10.6. The second-order valence-electron chi connectivity index (χ2n) is 6.99. The number of pyridine rings is 1. The van der Waals surface area contributed by atoms with Crippen molar-refractivity contribution in [3.63, 3.8) is 0 Å². The summed E-state index contributed by atoms with van der Waals surface area (Å²) in [6.07, 6.45) is -10.3. The fourth-order valence-electron chi connectivity index (χ4n) is 2.91. The molecule has 0 amide bonds. The summed E-state index contributed by atoms with van der Waals surface area (Å²) >= 11 is 0. The molecule has 8 nitrogen and oxygen atoms in total. The molecule has 0 unspecified atom stereocenters. The van der Waals surface area contributed by atoms with Crippen LogP contribution >= 0.6 is 0 Å². The van der Waals surface area contributed by atoms with Crippen LogP contribution in [0, 0.1) is 22.7 Å². The summed E-state index contributed by atoms with van der Waals surface area (Å²) in [5, 5.41) is 34.4.